The van der Waals surface area contributed by atoms with Crippen molar-refractivity contribution in [2.75, 3.05) is 6.54 Å². The number of fused-ring (bicyclic) bond motifs is 1. The topological polar surface area (TPSA) is 12.0 Å². The Balaban J connectivity index is 2.25. The van der Waals surface area contributed by atoms with Crippen LogP contribution in [-0.2, 0) is 6.42 Å². The normalized spacial score (nSPS) is 22.8. The minimum Gasteiger partial charge on any atom is -0.310 e. The molecule has 0 aromatic heterocycles. The summed E-state index contributed by atoms with van der Waals surface area (Å²) in [7, 11) is 0. The van der Waals surface area contributed by atoms with Gasteiger partial charge in [0.1, 0.15) is 0 Å². The summed E-state index contributed by atoms with van der Waals surface area (Å²) in [6.07, 6.45) is 4.92. The molecule has 0 aliphatic heterocycles. The summed E-state index contributed by atoms with van der Waals surface area (Å²) >= 11 is 0. The van der Waals surface area contributed by atoms with E-state index < -0.39 is 0 Å². The predicted molar refractivity (Wildman–Crippen MR) is 74.5 cm³/mol. The molecule has 1 aromatic carbocycles. The Morgan fingerprint density at radius 3 is 2.65 bits per heavy atom. The molecular formula is C16H25N. The third-order valence-corrected chi connectivity index (χ3v) is 4.03. The molecule has 0 heterocycles. The van der Waals surface area contributed by atoms with Crippen molar-refractivity contribution in [3.05, 3.63) is 34.9 Å². The first-order chi connectivity index (χ1) is 8.30. The smallest absolute Gasteiger partial charge is 0.0329 e. The Hall–Kier alpha value is -0.820. The van der Waals surface area contributed by atoms with Crippen LogP contribution >= 0.6 is 0 Å². The van der Waals surface area contributed by atoms with E-state index in [1.165, 1.54) is 24.8 Å². The van der Waals surface area contributed by atoms with Gasteiger partial charge in [-0.15, -0.1) is 0 Å². The molecule has 1 aliphatic carbocycles. The predicted octanol–water partition coefficient (Wildman–Crippen LogP) is 4.19. The maximum Gasteiger partial charge on any atom is 0.0329 e. The van der Waals surface area contributed by atoms with E-state index in [4.69, 9.17) is 0 Å². The van der Waals surface area contributed by atoms with Gasteiger partial charge < -0.3 is 5.32 Å². The highest BCUT2D eigenvalue weighted by molar-refractivity contribution is 5.41. The van der Waals surface area contributed by atoms with Gasteiger partial charge in [0.2, 0.25) is 0 Å². The summed E-state index contributed by atoms with van der Waals surface area (Å²) in [4.78, 5) is 0. The Morgan fingerprint density at radius 1 is 1.18 bits per heavy atom. The molecule has 1 N–H and O–H groups in total. The van der Waals surface area contributed by atoms with Gasteiger partial charge in [0, 0.05) is 6.04 Å². The lowest BCUT2D eigenvalue weighted by Crippen LogP contribution is -2.20. The molecule has 0 saturated carbocycles. The van der Waals surface area contributed by atoms with E-state index in [1.54, 1.807) is 11.1 Å². The second-order valence-corrected chi connectivity index (χ2v) is 5.16. The number of aryl methyl sites for hydroxylation is 1. The number of hydrogen-bond acceptors (Lipinski definition) is 1. The molecule has 1 heteroatoms. The fraction of sp³-hybridized carbons (Fsp3) is 0.625. The zero-order valence-corrected chi connectivity index (χ0v) is 11.4. The lowest BCUT2D eigenvalue weighted by Gasteiger charge is -2.14. The molecular weight excluding hydrogens is 206 g/mol. The maximum absolute atomic E-state index is 3.70. The van der Waals surface area contributed by atoms with Gasteiger partial charge in [-0.3, -0.25) is 0 Å². The summed E-state index contributed by atoms with van der Waals surface area (Å²) in [5.41, 5.74) is 4.65. The number of benzene rings is 1. The average Bonchev–Trinajstić information content (AvgIpc) is 2.73. The minimum absolute atomic E-state index is 0.599. The van der Waals surface area contributed by atoms with Crippen LogP contribution in [0.4, 0.5) is 0 Å². The summed E-state index contributed by atoms with van der Waals surface area (Å²) in [5, 5.41) is 3.70. The van der Waals surface area contributed by atoms with E-state index in [0.29, 0.717) is 6.04 Å². The fourth-order valence-electron chi connectivity index (χ4n) is 2.95. The third kappa shape index (κ3) is 2.55. The highest BCUT2D eigenvalue weighted by atomic mass is 14.9. The Kier molecular flexibility index (Phi) is 4.22. The zero-order valence-electron chi connectivity index (χ0n) is 11.4. The summed E-state index contributed by atoms with van der Waals surface area (Å²) < 4.78 is 0. The van der Waals surface area contributed by atoms with Gasteiger partial charge in [0.05, 0.1) is 0 Å². The first-order valence-corrected chi connectivity index (χ1v) is 7.16. The number of rotatable bonds is 5. The second kappa shape index (κ2) is 5.68. The molecule has 2 rings (SSSR count). The molecule has 94 valence electrons. The largest absolute Gasteiger partial charge is 0.310 e. The van der Waals surface area contributed by atoms with Crippen LogP contribution in [0, 0.1) is 0 Å². The van der Waals surface area contributed by atoms with Gasteiger partial charge in [-0.25, -0.2) is 0 Å². The standard InChI is InChI=1S/C16H25N/c1-4-9-17-16-11-13(6-3)14-8-7-12(5-2)10-15(14)16/h7-8,10,13,16-17H,4-6,9,11H2,1-3H3. The van der Waals surface area contributed by atoms with Crippen LogP contribution in [-0.4, -0.2) is 6.54 Å². The van der Waals surface area contributed by atoms with Gasteiger partial charge in [-0.1, -0.05) is 39.0 Å². The molecule has 0 amide bonds. The van der Waals surface area contributed by atoms with Crippen LogP contribution in [0.5, 0.6) is 0 Å². The van der Waals surface area contributed by atoms with E-state index >= 15 is 0 Å². The van der Waals surface area contributed by atoms with Crippen molar-refractivity contribution >= 4 is 0 Å². The van der Waals surface area contributed by atoms with Crippen molar-refractivity contribution in [1.82, 2.24) is 5.32 Å². The van der Waals surface area contributed by atoms with Crippen molar-refractivity contribution in [2.45, 2.75) is 58.4 Å². The van der Waals surface area contributed by atoms with Gasteiger partial charge in [-0.2, -0.15) is 0 Å². The van der Waals surface area contributed by atoms with Crippen LogP contribution in [0.1, 0.15) is 68.7 Å². The van der Waals surface area contributed by atoms with Crippen LogP contribution in [0.15, 0.2) is 18.2 Å². The van der Waals surface area contributed by atoms with Crippen LogP contribution < -0.4 is 5.32 Å². The Labute approximate surface area is 106 Å². The first-order valence-electron chi connectivity index (χ1n) is 7.16. The summed E-state index contributed by atoms with van der Waals surface area (Å²) in [6.45, 7) is 7.92. The molecule has 0 fully saturated rings. The van der Waals surface area contributed by atoms with Crippen molar-refractivity contribution in [3.8, 4) is 0 Å². The maximum atomic E-state index is 3.70. The molecule has 0 radical (unpaired) electrons. The van der Waals surface area contributed by atoms with Crippen molar-refractivity contribution in [1.29, 1.82) is 0 Å². The quantitative estimate of drug-likeness (QED) is 0.801. The monoisotopic (exact) mass is 231 g/mol. The van der Waals surface area contributed by atoms with E-state index in [9.17, 15) is 0 Å². The first kappa shape index (κ1) is 12.6. The molecule has 0 bridgehead atoms. The molecule has 1 nitrogen and oxygen atoms in total. The molecule has 0 spiro atoms. The third-order valence-electron chi connectivity index (χ3n) is 4.03. The molecule has 2 unspecified atom stereocenters. The van der Waals surface area contributed by atoms with Gasteiger partial charge in [0.25, 0.3) is 0 Å². The average molecular weight is 231 g/mol. The van der Waals surface area contributed by atoms with E-state index in [2.05, 4.69) is 44.3 Å². The van der Waals surface area contributed by atoms with Gasteiger partial charge in [-0.05, 0) is 54.8 Å². The molecule has 1 aliphatic rings. The van der Waals surface area contributed by atoms with Crippen LogP contribution in [0.3, 0.4) is 0 Å². The van der Waals surface area contributed by atoms with E-state index in [0.717, 1.165) is 18.9 Å². The highest BCUT2D eigenvalue weighted by Crippen LogP contribution is 2.42. The molecule has 0 saturated heterocycles. The van der Waals surface area contributed by atoms with Crippen LogP contribution in [0.25, 0.3) is 0 Å². The lowest BCUT2D eigenvalue weighted by molar-refractivity contribution is 0.488. The van der Waals surface area contributed by atoms with Crippen molar-refractivity contribution in [2.24, 2.45) is 0 Å². The second-order valence-electron chi connectivity index (χ2n) is 5.16. The fourth-order valence-corrected chi connectivity index (χ4v) is 2.95. The molecule has 17 heavy (non-hydrogen) atoms. The minimum atomic E-state index is 0.599. The SMILES string of the molecule is CCCNC1CC(CC)c2ccc(CC)cc21. The summed E-state index contributed by atoms with van der Waals surface area (Å²) in [5.74, 6) is 0.769. The Morgan fingerprint density at radius 2 is 2.00 bits per heavy atom. The van der Waals surface area contributed by atoms with E-state index in [-0.39, 0.29) is 0 Å². The van der Waals surface area contributed by atoms with Crippen molar-refractivity contribution in [3.63, 3.8) is 0 Å². The lowest BCUT2D eigenvalue weighted by atomic mass is 9.97. The summed E-state index contributed by atoms with van der Waals surface area (Å²) in [6, 6.07) is 7.71. The molecule has 1 aromatic rings. The van der Waals surface area contributed by atoms with Gasteiger partial charge >= 0.3 is 0 Å². The number of nitrogens with one attached hydrogen (secondary N) is 1. The van der Waals surface area contributed by atoms with E-state index in [1.807, 2.05) is 0 Å². The van der Waals surface area contributed by atoms with Crippen molar-refractivity contribution < 1.29 is 0 Å². The Bertz CT molecular complexity index is 370. The highest BCUT2D eigenvalue weighted by Gasteiger charge is 2.29. The number of hydrogen-bond donors (Lipinski definition) is 1. The van der Waals surface area contributed by atoms with Crippen LogP contribution in [0.2, 0.25) is 0 Å². The molecule has 2 atom stereocenters. The zero-order chi connectivity index (χ0) is 12.3. The van der Waals surface area contributed by atoms with Gasteiger partial charge in [0.15, 0.2) is 0 Å².